The lowest BCUT2D eigenvalue weighted by Gasteiger charge is -2.17. The average molecular weight is 447 g/mol. The third-order valence-corrected chi connectivity index (χ3v) is 5.89. The van der Waals surface area contributed by atoms with Crippen molar-refractivity contribution in [2.24, 2.45) is 0 Å². The van der Waals surface area contributed by atoms with Gasteiger partial charge in [-0.3, -0.25) is 4.79 Å². The van der Waals surface area contributed by atoms with Gasteiger partial charge in [0, 0.05) is 13.0 Å². The van der Waals surface area contributed by atoms with Gasteiger partial charge < -0.3 is 10.6 Å². The second-order valence-electron chi connectivity index (χ2n) is 7.72. The van der Waals surface area contributed by atoms with Crippen LogP contribution in [0.1, 0.15) is 48.6 Å². The van der Waals surface area contributed by atoms with Crippen molar-refractivity contribution in [3.05, 3.63) is 75.9 Å². The van der Waals surface area contributed by atoms with Crippen molar-refractivity contribution in [3.8, 4) is 17.2 Å². The summed E-state index contributed by atoms with van der Waals surface area (Å²) in [5, 5.41) is 16.2. The maximum Gasteiger partial charge on any atom is 0.224 e. The van der Waals surface area contributed by atoms with E-state index in [4.69, 9.17) is 11.6 Å². The molecule has 0 bridgehead atoms. The number of nitrogens with zero attached hydrogens (tertiary/aromatic N) is 2. The number of carbonyl (C=O) groups excluding carboxylic acids is 1. The molecule has 0 atom stereocenters. The molecule has 1 amide bonds. The SMILES string of the molecule is CCCCC(=O)Nc1c(NCc2ccc(-c3ccccc3C#N)cc2)nc(C)c(Cl)c1C. The Hall–Kier alpha value is -3.36. The van der Waals surface area contributed by atoms with E-state index in [-0.39, 0.29) is 5.91 Å². The standard InChI is InChI=1S/C26H27ClN4O/c1-4-5-10-23(32)31-25-17(2)24(27)18(3)30-26(25)29-16-19-11-13-20(14-12-19)22-9-7-6-8-21(22)15-28/h6-9,11-14H,4-5,10,16H2,1-3H3,(H,29,30)(H,31,32). The van der Waals surface area contributed by atoms with Crippen LogP contribution in [-0.4, -0.2) is 10.9 Å². The summed E-state index contributed by atoms with van der Waals surface area (Å²) in [6.45, 7) is 6.33. The summed E-state index contributed by atoms with van der Waals surface area (Å²) in [6.07, 6.45) is 2.26. The van der Waals surface area contributed by atoms with Gasteiger partial charge >= 0.3 is 0 Å². The molecule has 0 aliphatic heterocycles. The molecule has 3 rings (SSSR count). The topological polar surface area (TPSA) is 77.8 Å². The molecule has 5 nitrogen and oxygen atoms in total. The van der Waals surface area contributed by atoms with E-state index in [1.54, 1.807) is 0 Å². The second-order valence-corrected chi connectivity index (χ2v) is 8.10. The van der Waals surface area contributed by atoms with Crippen LogP contribution in [0.3, 0.4) is 0 Å². The van der Waals surface area contributed by atoms with Crippen molar-refractivity contribution >= 4 is 29.0 Å². The molecule has 0 saturated heterocycles. The number of pyridine rings is 1. The molecule has 0 fully saturated rings. The Balaban J connectivity index is 1.79. The Morgan fingerprint density at radius 3 is 2.53 bits per heavy atom. The fraction of sp³-hybridized carbons (Fsp3) is 0.269. The van der Waals surface area contributed by atoms with Gasteiger partial charge in [0.15, 0.2) is 5.82 Å². The van der Waals surface area contributed by atoms with Crippen LogP contribution in [0.25, 0.3) is 11.1 Å². The first-order valence-corrected chi connectivity index (χ1v) is 11.1. The molecule has 2 N–H and O–H groups in total. The van der Waals surface area contributed by atoms with E-state index in [1.807, 2.05) is 62.4 Å². The predicted molar refractivity (Wildman–Crippen MR) is 131 cm³/mol. The van der Waals surface area contributed by atoms with E-state index in [1.165, 1.54) is 0 Å². The number of nitriles is 1. The van der Waals surface area contributed by atoms with Gasteiger partial charge in [-0.25, -0.2) is 4.98 Å². The van der Waals surface area contributed by atoms with E-state index in [0.29, 0.717) is 40.8 Å². The first kappa shape index (κ1) is 23.3. The highest BCUT2D eigenvalue weighted by molar-refractivity contribution is 6.32. The van der Waals surface area contributed by atoms with Gasteiger partial charge in [-0.05, 0) is 48.6 Å². The van der Waals surface area contributed by atoms with E-state index < -0.39 is 0 Å². The quantitative estimate of drug-likeness (QED) is 0.407. The molecule has 164 valence electrons. The highest BCUT2D eigenvalue weighted by Gasteiger charge is 2.16. The van der Waals surface area contributed by atoms with Crippen LogP contribution in [0.15, 0.2) is 48.5 Å². The fourth-order valence-electron chi connectivity index (χ4n) is 3.47. The summed E-state index contributed by atoms with van der Waals surface area (Å²) in [5.74, 6) is 0.563. The molecule has 3 aromatic rings. The minimum absolute atomic E-state index is 0.0415. The molecule has 0 saturated carbocycles. The second kappa shape index (κ2) is 10.8. The molecule has 6 heteroatoms. The smallest absolute Gasteiger partial charge is 0.224 e. The van der Waals surface area contributed by atoms with Crippen LogP contribution >= 0.6 is 11.6 Å². The lowest BCUT2D eigenvalue weighted by Crippen LogP contribution is -2.16. The van der Waals surface area contributed by atoms with Gasteiger partial charge in [0.1, 0.15) is 0 Å². The van der Waals surface area contributed by atoms with E-state index in [2.05, 4.69) is 28.6 Å². The Bertz CT molecular complexity index is 1150. The maximum absolute atomic E-state index is 12.3. The minimum atomic E-state index is -0.0415. The summed E-state index contributed by atoms with van der Waals surface area (Å²) in [6, 6.07) is 17.8. The Kier molecular flexibility index (Phi) is 7.86. The first-order chi connectivity index (χ1) is 15.4. The molecule has 32 heavy (non-hydrogen) atoms. The number of halogens is 1. The maximum atomic E-state index is 12.3. The summed E-state index contributed by atoms with van der Waals surface area (Å²) in [5.41, 5.74) is 5.75. The summed E-state index contributed by atoms with van der Waals surface area (Å²) >= 11 is 6.40. The molecule has 0 aliphatic carbocycles. The van der Waals surface area contributed by atoms with Crippen molar-refractivity contribution in [2.75, 3.05) is 10.6 Å². The first-order valence-electron chi connectivity index (χ1n) is 10.7. The number of aryl methyl sites for hydroxylation is 1. The average Bonchev–Trinajstić information content (AvgIpc) is 2.82. The van der Waals surface area contributed by atoms with E-state index in [0.717, 1.165) is 35.1 Å². The number of amides is 1. The van der Waals surface area contributed by atoms with Crippen molar-refractivity contribution in [1.29, 1.82) is 5.26 Å². The van der Waals surface area contributed by atoms with Crippen molar-refractivity contribution < 1.29 is 4.79 Å². The molecular weight excluding hydrogens is 420 g/mol. The van der Waals surface area contributed by atoms with Gasteiger partial charge in [-0.15, -0.1) is 0 Å². The number of anilines is 2. The van der Waals surface area contributed by atoms with Crippen LogP contribution in [0.2, 0.25) is 5.02 Å². The highest BCUT2D eigenvalue weighted by Crippen LogP contribution is 2.32. The van der Waals surface area contributed by atoms with E-state index >= 15 is 0 Å². The summed E-state index contributed by atoms with van der Waals surface area (Å²) in [4.78, 5) is 16.9. The van der Waals surface area contributed by atoms with Crippen LogP contribution in [0.4, 0.5) is 11.5 Å². The Labute approximate surface area is 194 Å². The van der Waals surface area contributed by atoms with Gasteiger partial charge in [0.2, 0.25) is 5.91 Å². The molecule has 0 unspecified atom stereocenters. The number of carbonyl (C=O) groups is 1. The number of aromatic nitrogens is 1. The zero-order valence-corrected chi connectivity index (χ0v) is 19.4. The summed E-state index contributed by atoms with van der Waals surface area (Å²) < 4.78 is 0. The zero-order valence-electron chi connectivity index (χ0n) is 18.6. The monoisotopic (exact) mass is 446 g/mol. The lowest BCUT2D eigenvalue weighted by atomic mass is 9.99. The lowest BCUT2D eigenvalue weighted by molar-refractivity contribution is -0.116. The van der Waals surface area contributed by atoms with Gasteiger partial charge in [0.05, 0.1) is 28.0 Å². The van der Waals surface area contributed by atoms with Gasteiger partial charge in [-0.2, -0.15) is 5.26 Å². The van der Waals surface area contributed by atoms with Crippen LogP contribution in [0, 0.1) is 25.2 Å². The van der Waals surface area contributed by atoms with E-state index in [9.17, 15) is 10.1 Å². The van der Waals surface area contributed by atoms with Gasteiger partial charge in [-0.1, -0.05) is 67.4 Å². The van der Waals surface area contributed by atoms with Crippen LogP contribution < -0.4 is 10.6 Å². The molecular formula is C26H27ClN4O. The Morgan fingerprint density at radius 1 is 1.12 bits per heavy atom. The van der Waals surface area contributed by atoms with Crippen molar-refractivity contribution in [2.45, 2.75) is 46.6 Å². The van der Waals surface area contributed by atoms with Gasteiger partial charge in [0.25, 0.3) is 0 Å². The molecule has 2 aromatic carbocycles. The minimum Gasteiger partial charge on any atom is -0.364 e. The predicted octanol–water partition coefficient (Wildman–Crippen LogP) is 6.63. The third kappa shape index (κ3) is 5.46. The number of benzene rings is 2. The third-order valence-electron chi connectivity index (χ3n) is 5.33. The molecule has 0 aliphatic rings. The number of nitrogens with one attached hydrogen (secondary N) is 2. The number of hydrogen-bond donors (Lipinski definition) is 2. The molecule has 0 spiro atoms. The zero-order chi connectivity index (χ0) is 23.1. The summed E-state index contributed by atoms with van der Waals surface area (Å²) in [7, 11) is 0. The normalized spacial score (nSPS) is 10.5. The molecule has 1 aromatic heterocycles. The van der Waals surface area contributed by atoms with Crippen molar-refractivity contribution in [3.63, 3.8) is 0 Å². The molecule has 0 radical (unpaired) electrons. The largest absolute Gasteiger partial charge is 0.364 e. The Morgan fingerprint density at radius 2 is 1.84 bits per heavy atom. The van der Waals surface area contributed by atoms with Crippen molar-refractivity contribution in [1.82, 2.24) is 4.98 Å². The van der Waals surface area contributed by atoms with Crippen LogP contribution in [-0.2, 0) is 11.3 Å². The highest BCUT2D eigenvalue weighted by atomic mass is 35.5. The van der Waals surface area contributed by atoms with Crippen LogP contribution in [0.5, 0.6) is 0 Å². The number of rotatable bonds is 8. The number of unbranched alkanes of at least 4 members (excludes halogenated alkanes) is 1. The number of hydrogen-bond acceptors (Lipinski definition) is 4. The fourth-order valence-corrected chi connectivity index (χ4v) is 3.61. The molecule has 1 heterocycles.